The molecule has 3 aromatic rings. The quantitative estimate of drug-likeness (QED) is 0.619. The van der Waals surface area contributed by atoms with Gasteiger partial charge in [0.05, 0.1) is 15.8 Å². The second-order valence-electron chi connectivity index (χ2n) is 3.72. The Kier molecular flexibility index (Phi) is 2.09. The van der Waals surface area contributed by atoms with E-state index < -0.39 is 0 Å². The van der Waals surface area contributed by atoms with Gasteiger partial charge in [0.1, 0.15) is 16.9 Å². The van der Waals surface area contributed by atoms with Gasteiger partial charge in [0.2, 0.25) is 5.43 Å². The number of rotatable bonds is 0. The predicted octanol–water partition coefficient (Wildman–Crippen LogP) is 3.31. The van der Waals surface area contributed by atoms with Gasteiger partial charge in [-0.1, -0.05) is 17.7 Å². The van der Waals surface area contributed by atoms with Crippen LogP contribution in [-0.2, 0) is 0 Å². The van der Waals surface area contributed by atoms with Crippen LogP contribution < -0.4 is 5.43 Å². The molecule has 0 aliphatic rings. The second kappa shape index (κ2) is 3.50. The van der Waals surface area contributed by atoms with E-state index in [1.807, 2.05) is 0 Å². The van der Waals surface area contributed by atoms with Crippen molar-refractivity contribution in [1.29, 1.82) is 0 Å². The summed E-state index contributed by atoms with van der Waals surface area (Å²) in [5.74, 6) is 0.0243. The van der Waals surface area contributed by atoms with Crippen molar-refractivity contribution in [2.24, 2.45) is 0 Å². The van der Waals surface area contributed by atoms with Gasteiger partial charge in [-0.2, -0.15) is 0 Å². The molecule has 3 rings (SSSR count). The first-order valence-corrected chi connectivity index (χ1v) is 5.38. The van der Waals surface area contributed by atoms with Gasteiger partial charge < -0.3 is 9.52 Å². The van der Waals surface area contributed by atoms with E-state index in [9.17, 15) is 9.90 Å². The van der Waals surface area contributed by atoms with Crippen LogP contribution in [0.2, 0.25) is 5.02 Å². The van der Waals surface area contributed by atoms with Gasteiger partial charge in [0, 0.05) is 0 Å². The minimum Gasteiger partial charge on any atom is -0.508 e. The molecule has 0 fully saturated rings. The normalized spacial score (nSPS) is 11.1. The summed E-state index contributed by atoms with van der Waals surface area (Å²) in [5.41, 5.74) is 0.644. The van der Waals surface area contributed by atoms with Crippen molar-refractivity contribution >= 4 is 33.5 Å². The molecule has 1 heterocycles. The SMILES string of the molecule is O=c1c2cc(O)ccc2oc2cccc(Cl)c12. The molecule has 1 aromatic heterocycles. The van der Waals surface area contributed by atoms with Crippen LogP contribution in [0.1, 0.15) is 0 Å². The Bertz CT molecular complexity index is 790. The highest BCUT2D eigenvalue weighted by Gasteiger charge is 2.10. The molecule has 84 valence electrons. The van der Waals surface area contributed by atoms with Crippen LogP contribution in [0.3, 0.4) is 0 Å². The molecule has 0 amide bonds. The Balaban J connectivity index is 2.63. The summed E-state index contributed by atoms with van der Waals surface area (Å²) in [4.78, 5) is 12.2. The summed E-state index contributed by atoms with van der Waals surface area (Å²) in [7, 11) is 0. The summed E-state index contributed by atoms with van der Waals surface area (Å²) in [6.07, 6.45) is 0. The second-order valence-corrected chi connectivity index (χ2v) is 4.13. The van der Waals surface area contributed by atoms with Crippen LogP contribution in [0.25, 0.3) is 21.9 Å². The largest absolute Gasteiger partial charge is 0.508 e. The van der Waals surface area contributed by atoms with Crippen LogP contribution in [0.4, 0.5) is 0 Å². The molecule has 0 aliphatic carbocycles. The van der Waals surface area contributed by atoms with Crippen LogP contribution in [0.15, 0.2) is 45.6 Å². The molecule has 0 unspecified atom stereocenters. The van der Waals surface area contributed by atoms with Gasteiger partial charge in [0.15, 0.2) is 0 Å². The first-order valence-electron chi connectivity index (χ1n) is 5.01. The van der Waals surface area contributed by atoms with Crippen molar-refractivity contribution in [3.63, 3.8) is 0 Å². The van der Waals surface area contributed by atoms with E-state index in [2.05, 4.69) is 0 Å². The summed E-state index contributed by atoms with van der Waals surface area (Å²) in [6.45, 7) is 0. The van der Waals surface area contributed by atoms with Crippen LogP contribution in [0, 0.1) is 0 Å². The Hall–Kier alpha value is -2.00. The van der Waals surface area contributed by atoms with E-state index in [4.69, 9.17) is 16.0 Å². The standard InChI is InChI=1S/C13H7ClO3/c14-9-2-1-3-11-12(9)13(16)8-6-7(15)4-5-10(8)17-11/h1-6,15H. The minimum atomic E-state index is -0.234. The molecule has 17 heavy (non-hydrogen) atoms. The fourth-order valence-corrected chi connectivity index (χ4v) is 2.10. The molecular formula is C13H7ClO3. The smallest absolute Gasteiger partial charge is 0.202 e. The average molecular weight is 247 g/mol. The van der Waals surface area contributed by atoms with Gasteiger partial charge >= 0.3 is 0 Å². The lowest BCUT2D eigenvalue weighted by Gasteiger charge is -2.02. The van der Waals surface area contributed by atoms with Crippen LogP contribution in [-0.4, -0.2) is 5.11 Å². The fourth-order valence-electron chi connectivity index (χ4n) is 1.85. The average Bonchev–Trinajstić information content (AvgIpc) is 2.30. The van der Waals surface area contributed by atoms with Crippen molar-refractivity contribution in [3.05, 3.63) is 51.6 Å². The summed E-state index contributed by atoms with van der Waals surface area (Å²) in [5, 5.41) is 10.4. The molecule has 0 saturated heterocycles. The Morgan fingerprint density at radius 1 is 1.12 bits per heavy atom. The van der Waals surface area contributed by atoms with E-state index >= 15 is 0 Å². The highest BCUT2D eigenvalue weighted by atomic mass is 35.5. The van der Waals surface area contributed by atoms with Gasteiger partial charge in [-0.3, -0.25) is 4.79 Å². The fraction of sp³-hybridized carbons (Fsp3) is 0. The first-order chi connectivity index (χ1) is 8.16. The topological polar surface area (TPSA) is 50.4 Å². The summed E-state index contributed by atoms with van der Waals surface area (Å²) < 4.78 is 5.57. The van der Waals surface area contributed by atoms with Crippen molar-refractivity contribution in [1.82, 2.24) is 0 Å². The highest BCUT2D eigenvalue weighted by Crippen LogP contribution is 2.25. The Morgan fingerprint density at radius 2 is 1.94 bits per heavy atom. The number of fused-ring (bicyclic) bond motifs is 2. The third-order valence-electron chi connectivity index (χ3n) is 2.63. The van der Waals surface area contributed by atoms with Crippen molar-refractivity contribution < 1.29 is 9.52 Å². The van der Waals surface area contributed by atoms with E-state index in [0.29, 0.717) is 27.0 Å². The maximum atomic E-state index is 12.2. The highest BCUT2D eigenvalue weighted by molar-refractivity contribution is 6.35. The molecule has 0 spiro atoms. The summed E-state index contributed by atoms with van der Waals surface area (Å²) >= 11 is 5.98. The van der Waals surface area contributed by atoms with Crippen LogP contribution in [0.5, 0.6) is 5.75 Å². The molecule has 0 radical (unpaired) electrons. The zero-order chi connectivity index (χ0) is 12.0. The van der Waals surface area contributed by atoms with Gasteiger partial charge in [-0.05, 0) is 30.3 Å². The molecule has 1 N–H and O–H groups in total. The molecule has 3 nitrogen and oxygen atoms in total. The minimum absolute atomic E-state index is 0.0243. The van der Waals surface area contributed by atoms with Crippen molar-refractivity contribution in [3.8, 4) is 5.75 Å². The molecular weight excluding hydrogens is 240 g/mol. The van der Waals surface area contributed by atoms with Crippen molar-refractivity contribution in [2.45, 2.75) is 0 Å². The number of hydrogen-bond donors (Lipinski definition) is 1. The van der Waals surface area contributed by atoms with E-state index in [1.165, 1.54) is 12.1 Å². The maximum Gasteiger partial charge on any atom is 0.202 e. The molecule has 0 saturated carbocycles. The lowest BCUT2D eigenvalue weighted by atomic mass is 10.1. The Labute approximate surface area is 101 Å². The number of halogens is 1. The third-order valence-corrected chi connectivity index (χ3v) is 2.95. The van der Waals surface area contributed by atoms with Gasteiger partial charge in [-0.15, -0.1) is 0 Å². The number of phenols is 1. The van der Waals surface area contributed by atoms with E-state index in [-0.39, 0.29) is 11.2 Å². The van der Waals surface area contributed by atoms with Crippen molar-refractivity contribution in [2.75, 3.05) is 0 Å². The number of aromatic hydroxyl groups is 1. The van der Waals surface area contributed by atoms with E-state index in [0.717, 1.165) is 0 Å². The lowest BCUT2D eigenvalue weighted by molar-refractivity contribution is 0.475. The van der Waals surface area contributed by atoms with Gasteiger partial charge in [-0.25, -0.2) is 0 Å². The molecule has 4 heteroatoms. The number of hydrogen-bond acceptors (Lipinski definition) is 3. The first kappa shape index (κ1) is 10.2. The maximum absolute atomic E-state index is 12.2. The molecule has 0 aliphatic heterocycles. The van der Waals surface area contributed by atoms with E-state index in [1.54, 1.807) is 24.3 Å². The predicted molar refractivity (Wildman–Crippen MR) is 66.7 cm³/mol. The number of phenolic OH excluding ortho intramolecular Hbond substituents is 1. The lowest BCUT2D eigenvalue weighted by Crippen LogP contribution is -2.02. The summed E-state index contributed by atoms with van der Waals surface area (Å²) in [6, 6.07) is 9.46. The zero-order valence-corrected chi connectivity index (χ0v) is 9.36. The van der Waals surface area contributed by atoms with Crippen LogP contribution >= 0.6 is 11.6 Å². The number of benzene rings is 2. The monoisotopic (exact) mass is 246 g/mol. The zero-order valence-electron chi connectivity index (χ0n) is 8.61. The van der Waals surface area contributed by atoms with Gasteiger partial charge in [0.25, 0.3) is 0 Å². The molecule has 2 aromatic carbocycles. The molecule has 0 bridgehead atoms. The Morgan fingerprint density at radius 3 is 2.76 bits per heavy atom. The molecule has 0 atom stereocenters. The third kappa shape index (κ3) is 1.47.